The topological polar surface area (TPSA) is 94.6 Å². The summed E-state index contributed by atoms with van der Waals surface area (Å²) in [7, 11) is 0. The molecule has 7 nitrogen and oxygen atoms in total. The number of anilines is 1. The smallest absolute Gasteiger partial charge is 0.341 e. The number of esters is 2. The molecule has 5 aromatic rings. The zero-order valence-electron chi connectivity index (χ0n) is 28.7. The molecule has 0 saturated heterocycles. The maximum atomic E-state index is 13.8. The molecule has 0 unspecified atom stereocenters. The van der Waals surface area contributed by atoms with E-state index < -0.39 is 24.5 Å². The van der Waals surface area contributed by atoms with E-state index in [1.165, 1.54) is 16.9 Å². The van der Waals surface area contributed by atoms with Gasteiger partial charge in [-0.05, 0) is 79.0 Å². The second-order valence-corrected chi connectivity index (χ2v) is 14.5. The third-order valence-corrected chi connectivity index (χ3v) is 9.78. The summed E-state index contributed by atoms with van der Waals surface area (Å²) < 4.78 is 11.0. The van der Waals surface area contributed by atoms with Crippen molar-refractivity contribution in [1.82, 2.24) is 4.98 Å². The number of para-hydroxylation sites is 1. The van der Waals surface area contributed by atoms with E-state index in [1.807, 2.05) is 62.4 Å². The second-order valence-electron chi connectivity index (χ2n) is 13.3. The Bertz CT molecular complexity index is 2100. The third kappa shape index (κ3) is 7.06. The number of amides is 1. The molecule has 0 saturated carbocycles. The predicted molar refractivity (Wildman–Crippen MR) is 197 cm³/mol. The largest absolute Gasteiger partial charge is 0.462 e. The lowest BCUT2D eigenvalue weighted by Crippen LogP contribution is -2.22. The molecule has 1 aliphatic carbocycles. The number of benzene rings is 3. The number of carbonyl (C=O) groups is 3. The molecule has 2 aromatic heterocycles. The number of pyridine rings is 1. The van der Waals surface area contributed by atoms with Crippen LogP contribution in [0.25, 0.3) is 33.7 Å². The highest BCUT2D eigenvalue weighted by molar-refractivity contribution is 7.17. The lowest BCUT2D eigenvalue weighted by molar-refractivity contribution is -0.119. The number of hydrogen-bond acceptors (Lipinski definition) is 7. The molecule has 1 aliphatic rings. The summed E-state index contributed by atoms with van der Waals surface area (Å²) >= 11 is 1.29. The number of ether oxygens (including phenoxy) is 2. The fraction of sp³-hybridized carbons (Fsp3) is 0.268. The Morgan fingerprint density at radius 3 is 2.27 bits per heavy atom. The Morgan fingerprint density at radius 2 is 1.57 bits per heavy atom. The van der Waals surface area contributed by atoms with Crippen molar-refractivity contribution in [3.8, 4) is 11.1 Å². The van der Waals surface area contributed by atoms with Gasteiger partial charge in [0.1, 0.15) is 10.6 Å². The lowest BCUT2D eigenvalue weighted by atomic mass is 9.86. The van der Waals surface area contributed by atoms with Crippen LogP contribution in [0.1, 0.15) is 87.7 Å². The molecular formula is C41H40N2O5S. The van der Waals surface area contributed by atoms with E-state index >= 15 is 0 Å². The zero-order chi connectivity index (χ0) is 34.9. The minimum atomic E-state index is -0.589. The van der Waals surface area contributed by atoms with E-state index in [9.17, 15) is 14.4 Å². The van der Waals surface area contributed by atoms with Gasteiger partial charge in [-0.1, -0.05) is 93.1 Å². The van der Waals surface area contributed by atoms with Crippen LogP contribution >= 0.6 is 11.3 Å². The lowest BCUT2D eigenvalue weighted by Gasteiger charge is -2.18. The van der Waals surface area contributed by atoms with Gasteiger partial charge in [-0.2, -0.15) is 0 Å². The average Bonchev–Trinajstić information content (AvgIpc) is 3.62. The van der Waals surface area contributed by atoms with Crippen LogP contribution in [0.3, 0.4) is 0 Å². The highest BCUT2D eigenvalue weighted by Gasteiger charge is 2.29. The SMILES string of the molecule is CCOC(=O)c1c(NC(=O)COC(=O)c2c3c(nc4ccccc24)/C(=C/c2ccc(C(C)(C)C)cc2)CC3)sc(C)c1-c1ccc(C)cc1. The highest BCUT2D eigenvalue weighted by Crippen LogP contribution is 2.41. The van der Waals surface area contributed by atoms with Crippen LogP contribution in [0.4, 0.5) is 5.00 Å². The van der Waals surface area contributed by atoms with Crippen molar-refractivity contribution >= 4 is 56.7 Å². The van der Waals surface area contributed by atoms with Gasteiger partial charge in [0.2, 0.25) is 0 Å². The number of aryl methyl sites for hydroxylation is 2. The van der Waals surface area contributed by atoms with E-state index in [1.54, 1.807) is 6.92 Å². The molecule has 49 heavy (non-hydrogen) atoms. The number of carbonyl (C=O) groups excluding carboxylic acids is 3. The molecule has 6 rings (SSSR count). The first kappa shape index (κ1) is 33.8. The van der Waals surface area contributed by atoms with Crippen molar-refractivity contribution in [1.29, 1.82) is 0 Å². The molecule has 1 amide bonds. The van der Waals surface area contributed by atoms with Gasteiger partial charge >= 0.3 is 11.9 Å². The molecule has 250 valence electrons. The number of thiophene rings is 1. The molecule has 0 spiro atoms. The molecule has 1 N–H and O–H groups in total. The third-order valence-electron chi connectivity index (χ3n) is 8.75. The Labute approximate surface area is 291 Å². The van der Waals surface area contributed by atoms with Crippen LogP contribution in [0.2, 0.25) is 0 Å². The van der Waals surface area contributed by atoms with Crippen molar-refractivity contribution in [2.45, 2.75) is 59.8 Å². The first-order valence-corrected chi connectivity index (χ1v) is 17.3. The number of aromatic nitrogens is 1. The van der Waals surface area contributed by atoms with E-state index in [4.69, 9.17) is 14.5 Å². The first-order chi connectivity index (χ1) is 23.4. The van der Waals surface area contributed by atoms with Crippen LogP contribution in [-0.4, -0.2) is 36.0 Å². The van der Waals surface area contributed by atoms with Gasteiger partial charge in [-0.15, -0.1) is 11.3 Å². The van der Waals surface area contributed by atoms with Crippen LogP contribution in [0, 0.1) is 13.8 Å². The molecule has 2 heterocycles. The monoisotopic (exact) mass is 672 g/mol. The molecule has 0 atom stereocenters. The summed E-state index contributed by atoms with van der Waals surface area (Å²) in [6, 6.07) is 23.9. The summed E-state index contributed by atoms with van der Waals surface area (Å²) in [5.74, 6) is -1.67. The molecule has 0 aliphatic heterocycles. The van der Waals surface area contributed by atoms with E-state index in [0.29, 0.717) is 33.5 Å². The van der Waals surface area contributed by atoms with Crippen LogP contribution in [0.15, 0.2) is 72.8 Å². The van der Waals surface area contributed by atoms with Gasteiger partial charge in [-0.3, -0.25) is 4.79 Å². The van der Waals surface area contributed by atoms with E-state index in [2.05, 4.69) is 56.4 Å². The molecular weight excluding hydrogens is 633 g/mol. The Morgan fingerprint density at radius 1 is 0.878 bits per heavy atom. The highest BCUT2D eigenvalue weighted by atomic mass is 32.1. The van der Waals surface area contributed by atoms with Gasteiger partial charge < -0.3 is 14.8 Å². The quantitative estimate of drug-likeness (QED) is 0.165. The fourth-order valence-corrected chi connectivity index (χ4v) is 7.34. The van der Waals surface area contributed by atoms with Crippen LogP contribution in [-0.2, 0) is 26.1 Å². The summed E-state index contributed by atoms with van der Waals surface area (Å²) in [6.07, 6.45) is 3.50. The second kappa shape index (κ2) is 13.8. The van der Waals surface area contributed by atoms with E-state index in [0.717, 1.165) is 44.8 Å². The van der Waals surface area contributed by atoms with Gasteiger partial charge in [0, 0.05) is 15.8 Å². The molecule has 0 bridgehead atoms. The fourth-order valence-electron chi connectivity index (χ4n) is 6.26. The Hall–Kier alpha value is -5.08. The van der Waals surface area contributed by atoms with Gasteiger partial charge in [0.05, 0.1) is 23.4 Å². The normalized spacial score (nSPS) is 13.4. The number of nitrogens with one attached hydrogen (secondary N) is 1. The van der Waals surface area contributed by atoms with Gasteiger partial charge in [0.25, 0.3) is 5.91 Å². The number of nitrogens with zero attached hydrogens (tertiary/aromatic N) is 1. The summed E-state index contributed by atoms with van der Waals surface area (Å²) in [5.41, 5.74) is 9.12. The van der Waals surface area contributed by atoms with Crippen molar-refractivity contribution in [2.75, 3.05) is 18.5 Å². The molecule has 0 radical (unpaired) electrons. The van der Waals surface area contributed by atoms with Gasteiger partial charge in [0.15, 0.2) is 6.61 Å². The van der Waals surface area contributed by atoms with Crippen LogP contribution in [0.5, 0.6) is 0 Å². The van der Waals surface area contributed by atoms with Crippen molar-refractivity contribution in [3.63, 3.8) is 0 Å². The number of hydrogen-bond donors (Lipinski definition) is 1. The zero-order valence-corrected chi connectivity index (χ0v) is 29.5. The maximum Gasteiger partial charge on any atom is 0.341 e. The van der Waals surface area contributed by atoms with Crippen molar-refractivity contribution in [2.24, 2.45) is 0 Å². The molecule has 3 aromatic carbocycles. The minimum absolute atomic E-state index is 0.0640. The molecule has 8 heteroatoms. The van der Waals surface area contributed by atoms with Crippen molar-refractivity contribution < 1.29 is 23.9 Å². The van der Waals surface area contributed by atoms with E-state index in [-0.39, 0.29) is 17.6 Å². The molecule has 0 fully saturated rings. The number of fused-ring (bicyclic) bond motifs is 2. The Balaban J connectivity index is 1.25. The summed E-state index contributed by atoms with van der Waals surface area (Å²) in [5, 5.41) is 3.85. The standard InChI is InChI=1S/C41H40N2O5S/c1-7-47-40(46)36-34(27-16-12-24(2)13-17-27)25(3)49-38(36)43-33(44)23-48-39(45)35-30-10-8-9-11-32(30)42-37-28(18-21-31(35)37)22-26-14-19-29(20-15-26)41(4,5)6/h8-17,19-20,22H,7,18,21,23H2,1-6H3,(H,43,44)/b28-22+. The summed E-state index contributed by atoms with van der Waals surface area (Å²) in [6.45, 7) is 11.9. The van der Waals surface area contributed by atoms with Crippen LogP contribution < -0.4 is 5.32 Å². The predicted octanol–water partition coefficient (Wildman–Crippen LogP) is 9.34. The number of allylic oxidation sites excluding steroid dienone is 1. The maximum absolute atomic E-state index is 13.8. The number of rotatable bonds is 8. The first-order valence-electron chi connectivity index (χ1n) is 16.5. The van der Waals surface area contributed by atoms with Gasteiger partial charge in [-0.25, -0.2) is 14.6 Å². The average molecular weight is 673 g/mol. The van der Waals surface area contributed by atoms with Crippen molar-refractivity contribution in [3.05, 3.63) is 117 Å². The Kier molecular flexibility index (Phi) is 9.52. The minimum Gasteiger partial charge on any atom is -0.462 e. The summed E-state index contributed by atoms with van der Waals surface area (Å²) in [4.78, 5) is 46.0.